The Balaban J connectivity index is 1.65. The van der Waals surface area contributed by atoms with Crippen LogP contribution in [0.15, 0.2) is 24.3 Å². The van der Waals surface area contributed by atoms with Crippen molar-refractivity contribution in [1.29, 1.82) is 0 Å². The average Bonchev–Trinajstić information content (AvgIpc) is 2.91. The molecule has 1 fully saturated rings. The van der Waals surface area contributed by atoms with E-state index in [9.17, 15) is 5.11 Å². The van der Waals surface area contributed by atoms with Crippen molar-refractivity contribution in [3.63, 3.8) is 0 Å². The number of phenolic OH excluding ortho intramolecular Hbond substituents is 1. The van der Waals surface area contributed by atoms with E-state index in [1.165, 1.54) is 22.6 Å². The summed E-state index contributed by atoms with van der Waals surface area (Å²) in [5.74, 6) is 0.934. The predicted octanol–water partition coefficient (Wildman–Crippen LogP) is 3.38. The molecule has 4 nitrogen and oxygen atoms in total. The molecule has 0 unspecified atom stereocenters. The zero-order chi connectivity index (χ0) is 16.5. The molecule has 0 atom stereocenters. The minimum absolute atomic E-state index is 0.265. The lowest BCUT2D eigenvalue weighted by molar-refractivity contribution is 0.141. The van der Waals surface area contributed by atoms with Crippen molar-refractivity contribution in [2.24, 2.45) is 0 Å². The van der Waals surface area contributed by atoms with Gasteiger partial charge in [-0.1, -0.05) is 0 Å². The van der Waals surface area contributed by atoms with E-state index in [2.05, 4.69) is 35.3 Å². The van der Waals surface area contributed by atoms with Gasteiger partial charge in [-0.2, -0.15) is 0 Å². The van der Waals surface area contributed by atoms with Crippen LogP contribution in [0.3, 0.4) is 0 Å². The van der Waals surface area contributed by atoms with Crippen molar-refractivity contribution in [3.8, 4) is 21.9 Å². The second-order valence-corrected chi connectivity index (χ2v) is 7.98. The molecule has 24 heavy (non-hydrogen) atoms. The second-order valence-electron chi connectivity index (χ2n) is 6.69. The summed E-state index contributed by atoms with van der Waals surface area (Å²) in [5.41, 5.74) is 2.19. The van der Waals surface area contributed by atoms with Gasteiger partial charge in [0.2, 0.25) is 0 Å². The van der Waals surface area contributed by atoms with Gasteiger partial charge in [0, 0.05) is 34.4 Å². The average molecular weight is 344 g/mol. The van der Waals surface area contributed by atoms with Gasteiger partial charge in [0.1, 0.15) is 6.61 Å². The van der Waals surface area contributed by atoms with E-state index in [1.807, 2.05) is 6.07 Å². The zero-order valence-corrected chi connectivity index (χ0v) is 14.9. The Hall–Kier alpha value is -1.56. The van der Waals surface area contributed by atoms with Gasteiger partial charge in [-0.25, -0.2) is 0 Å². The summed E-state index contributed by atoms with van der Waals surface area (Å²) in [6.07, 6.45) is 2.37. The van der Waals surface area contributed by atoms with Gasteiger partial charge in [-0.3, -0.25) is 4.90 Å². The molecule has 3 heterocycles. The Bertz CT molecular complexity index is 722. The molecule has 0 radical (unpaired) electrons. The number of thiophene rings is 1. The van der Waals surface area contributed by atoms with Gasteiger partial charge in [-0.15, -0.1) is 11.3 Å². The van der Waals surface area contributed by atoms with E-state index in [0.29, 0.717) is 18.4 Å². The summed E-state index contributed by atoms with van der Waals surface area (Å²) in [7, 11) is 0. The summed E-state index contributed by atoms with van der Waals surface area (Å²) < 4.78 is 5.89. The smallest absolute Gasteiger partial charge is 0.165 e. The Morgan fingerprint density at radius 2 is 2.08 bits per heavy atom. The van der Waals surface area contributed by atoms with Crippen molar-refractivity contribution in [3.05, 3.63) is 34.7 Å². The molecule has 4 rings (SSSR count). The molecular weight excluding hydrogens is 320 g/mol. The van der Waals surface area contributed by atoms with Crippen molar-refractivity contribution < 1.29 is 9.84 Å². The third-order valence-electron chi connectivity index (χ3n) is 4.99. The number of aromatic hydroxyl groups is 1. The lowest BCUT2D eigenvalue weighted by Gasteiger charge is -2.33. The van der Waals surface area contributed by atoms with Crippen LogP contribution < -0.4 is 10.1 Å². The molecule has 1 aromatic carbocycles. The normalized spacial score (nSPS) is 19.5. The molecule has 5 heteroatoms. The van der Waals surface area contributed by atoms with E-state index in [0.717, 1.165) is 37.3 Å². The van der Waals surface area contributed by atoms with E-state index < -0.39 is 0 Å². The first kappa shape index (κ1) is 15.9. The molecule has 2 aliphatic rings. The maximum absolute atomic E-state index is 10.5. The number of fused-ring (bicyclic) bond motifs is 1. The number of rotatable bonds is 2. The molecular formula is C19H24N2O2S. The number of benzene rings is 1. The van der Waals surface area contributed by atoms with E-state index in [1.54, 1.807) is 11.3 Å². The van der Waals surface area contributed by atoms with E-state index in [4.69, 9.17) is 4.74 Å². The highest BCUT2D eigenvalue weighted by Crippen LogP contribution is 2.39. The second kappa shape index (κ2) is 6.75. The highest BCUT2D eigenvalue weighted by Gasteiger charge is 2.26. The van der Waals surface area contributed by atoms with Crippen LogP contribution in [0.4, 0.5) is 0 Å². The standard InChI is InChI=1S/C19H24N2O2S/c1-13-2-3-18(24-13)14-10-15-12-21(16-4-6-20-7-5-16)8-9-23-19(15)17(22)11-14/h2-3,10-11,16,20,22H,4-9,12H2,1H3. The van der Waals surface area contributed by atoms with Crippen molar-refractivity contribution in [1.82, 2.24) is 10.2 Å². The van der Waals surface area contributed by atoms with Crippen LogP contribution in [0.5, 0.6) is 11.5 Å². The fraction of sp³-hybridized carbons (Fsp3) is 0.474. The third kappa shape index (κ3) is 3.16. The third-order valence-corrected chi connectivity index (χ3v) is 6.04. The highest BCUT2D eigenvalue weighted by atomic mass is 32.1. The quantitative estimate of drug-likeness (QED) is 0.877. The number of nitrogens with one attached hydrogen (secondary N) is 1. The Morgan fingerprint density at radius 1 is 1.25 bits per heavy atom. The van der Waals surface area contributed by atoms with E-state index in [-0.39, 0.29) is 5.75 Å². The van der Waals surface area contributed by atoms with Gasteiger partial charge in [-0.05, 0) is 62.7 Å². The minimum atomic E-state index is 0.265. The monoisotopic (exact) mass is 344 g/mol. The maximum Gasteiger partial charge on any atom is 0.165 e. The first-order chi connectivity index (χ1) is 11.7. The van der Waals surface area contributed by atoms with Crippen LogP contribution in [0.1, 0.15) is 23.3 Å². The number of nitrogens with zero attached hydrogens (tertiary/aromatic N) is 1. The Morgan fingerprint density at radius 3 is 2.83 bits per heavy atom. The molecule has 2 aromatic rings. The van der Waals surface area contributed by atoms with Gasteiger partial charge in [0.25, 0.3) is 0 Å². The predicted molar refractivity (Wildman–Crippen MR) is 98.0 cm³/mol. The van der Waals surface area contributed by atoms with Crippen molar-refractivity contribution in [2.75, 3.05) is 26.2 Å². The molecule has 2 aliphatic heterocycles. The van der Waals surface area contributed by atoms with Gasteiger partial charge >= 0.3 is 0 Å². The van der Waals surface area contributed by atoms with E-state index >= 15 is 0 Å². The molecule has 1 saturated heterocycles. The lowest BCUT2D eigenvalue weighted by atomic mass is 10.0. The maximum atomic E-state index is 10.5. The lowest BCUT2D eigenvalue weighted by Crippen LogP contribution is -2.43. The topological polar surface area (TPSA) is 44.7 Å². The highest BCUT2D eigenvalue weighted by molar-refractivity contribution is 7.15. The van der Waals surface area contributed by atoms with Crippen LogP contribution in [0.25, 0.3) is 10.4 Å². The summed E-state index contributed by atoms with van der Waals surface area (Å²) in [6, 6.07) is 8.89. The summed E-state index contributed by atoms with van der Waals surface area (Å²) in [6.45, 7) is 6.71. The first-order valence-corrected chi connectivity index (χ1v) is 9.52. The molecule has 0 spiro atoms. The molecule has 0 saturated carbocycles. The largest absolute Gasteiger partial charge is 0.504 e. The molecule has 0 bridgehead atoms. The van der Waals surface area contributed by atoms with Crippen molar-refractivity contribution >= 4 is 11.3 Å². The Kier molecular flexibility index (Phi) is 4.48. The molecule has 2 N–H and O–H groups in total. The summed E-state index contributed by atoms with van der Waals surface area (Å²) in [5, 5.41) is 13.9. The minimum Gasteiger partial charge on any atom is -0.504 e. The van der Waals surface area contributed by atoms with Gasteiger partial charge < -0.3 is 15.2 Å². The van der Waals surface area contributed by atoms with Crippen LogP contribution in [0.2, 0.25) is 0 Å². The number of piperidine rings is 1. The zero-order valence-electron chi connectivity index (χ0n) is 14.0. The summed E-state index contributed by atoms with van der Waals surface area (Å²) >= 11 is 1.76. The molecule has 0 aliphatic carbocycles. The number of ether oxygens (including phenoxy) is 1. The molecule has 128 valence electrons. The Labute approximate surface area is 147 Å². The summed E-state index contributed by atoms with van der Waals surface area (Å²) in [4.78, 5) is 5.01. The molecule has 0 amide bonds. The van der Waals surface area contributed by atoms with Gasteiger partial charge in [0.05, 0.1) is 0 Å². The van der Waals surface area contributed by atoms with Crippen LogP contribution >= 0.6 is 11.3 Å². The van der Waals surface area contributed by atoms with Crippen molar-refractivity contribution in [2.45, 2.75) is 32.4 Å². The van der Waals surface area contributed by atoms with Crippen LogP contribution in [0, 0.1) is 6.92 Å². The number of hydrogen-bond acceptors (Lipinski definition) is 5. The van der Waals surface area contributed by atoms with Crippen LogP contribution in [-0.2, 0) is 6.54 Å². The fourth-order valence-electron chi connectivity index (χ4n) is 3.73. The SMILES string of the molecule is Cc1ccc(-c2cc(O)c3c(c2)CN(C2CCNCC2)CCO3)s1. The number of hydrogen-bond donors (Lipinski definition) is 2. The van der Waals surface area contributed by atoms with Gasteiger partial charge in [0.15, 0.2) is 11.5 Å². The number of phenols is 1. The fourth-order valence-corrected chi connectivity index (χ4v) is 4.59. The molecule has 1 aromatic heterocycles. The van der Waals surface area contributed by atoms with Crippen LogP contribution in [-0.4, -0.2) is 42.3 Å². The number of aryl methyl sites for hydroxylation is 1. The first-order valence-electron chi connectivity index (χ1n) is 8.71.